The summed E-state index contributed by atoms with van der Waals surface area (Å²) in [5.41, 5.74) is 3.56. The van der Waals surface area contributed by atoms with Gasteiger partial charge in [0, 0.05) is 11.6 Å². The summed E-state index contributed by atoms with van der Waals surface area (Å²) in [6.45, 7) is 5.55. The van der Waals surface area contributed by atoms with Crippen LogP contribution >= 0.6 is 11.6 Å². The minimum absolute atomic E-state index is 0.155. The molecule has 0 aliphatic rings. The van der Waals surface area contributed by atoms with Crippen molar-refractivity contribution in [1.29, 1.82) is 0 Å². The van der Waals surface area contributed by atoms with Gasteiger partial charge in [-0.3, -0.25) is 4.79 Å². The van der Waals surface area contributed by atoms with E-state index in [1.54, 1.807) is 51.3 Å². The molecule has 0 aliphatic carbocycles. The third-order valence-electron chi connectivity index (χ3n) is 5.74. The van der Waals surface area contributed by atoms with Crippen molar-refractivity contribution in [2.24, 2.45) is 0 Å². The lowest BCUT2D eigenvalue weighted by molar-refractivity contribution is -0.122. The zero-order chi connectivity index (χ0) is 24.9. The number of hydrogen-bond acceptors (Lipinski definition) is 4. The second-order valence-corrected chi connectivity index (χ2v) is 10.3. The van der Waals surface area contributed by atoms with Crippen LogP contribution in [0.4, 0.5) is 0 Å². The first-order valence-electron chi connectivity index (χ1n) is 10.9. The highest BCUT2D eigenvalue weighted by Gasteiger charge is 2.29. The molecule has 180 valence electrons. The molecule has 6 nitrogen and oxygen atoms in total. The average Bonchev–Trinajstić information content (AvgIpc) is 2.81. The first-order valence-corrected chi connectivity index (χ1v) is 12.7. The lowest BCUT2D eigenvalue weighted by atomic mass is 10.1. The van der Waals surface area contributed by atoms with Gasteiger partial charge in [0.1, 0.15) is 11.8 Å². The van der Waals surface area contributed by atoms with Crippen LogP contribution in [0.3, 0.4) is 0 Å². The number of sulfonamides is 1. The summed E-state index contributed by atoms with van der Waals surface area (Å²) >= 11 is 5.99. The van der Waals surface area contributed by atoms with Gasteiger partial charge in [0.15, 0.2) is 0 Å². The highest BCUT2D eigenvalue weighted by molar-refractivity contribution is 7.89. The third-order valence-corrected chi connectivity index (χ3v) is 7.76. The predicted molar refractivity (Wildman–Crippen MR) is 135 cm³/mol. The Labute approximate surface area is 206 Å². The SMILES string of the molecule is COc1cc(C)c(S(=O)(=O)N[C@@H](Cc2ccc(Cl)cc2)C(=O)NCc2ccccc2)c(C)c1C. The molecule has 1 atom stereocenters. The molecule has 0 spiro atoms. The molecule has 0 saturated heterocycles. The molecule has 0 aromatic heterocycles. The number of benzene rings is 3. The zero-order valence-corrected chi connectivity index (χ0v) is 21.3. The zero-order valence-electron chi connectivity index (χ0n) is 19.7. The minimum atomic E-state index is -4.02. The van der Waals surface area contributed by atoms with Crippen molar-refractivity contribution in [1.82, 2.24) is 10.0 Å². The Morgan fingerprint density at radius 1 is 0.971 bits per heavy atom. The monoisotopic (exact) mass is 500 g/mol. The summed E-state index contributed by atoms with van der Waals surface area (Å²) in [7, 11) is -2.47. The summed E-state index contributed by atoms with van der Waals surface area (Å²) in [5, 5.41) is 3.42. The molecule has 3 rings (SSSR count). The standard InChI is InChI=1S/C26H29ClN2O4S/c1-17-14-24(33-4)18(2)19(3)25(17)34(31,32)29-23(15-20-10-12-22(27)13-11-20)26(30)28-16-21-8-6-5-7-9-21/h5-14,23,29H,15-16H2,1-4H3,(H,28,30)/t23-/m0/s1. The van der Waals surface area contributed by atoms with Crippen LogP contribution in [0, 0.1) is 20.8 Å². The largest absolute Gasteiger partial charge is 0.496 e. The fourth-order valence-electron chi connectivity index (χ4n) is 3.85. The molecule has 3 aromatic rings. The molecule has 0 fully saturated rings. The maximum atomic E-state index is 13.5. The molecule has 34 heavy (non-hydrogen) atoms. The second kappa shape index (κ2) is 11.0. The topological polar surface area (TPSA) is 84.5 Å². The molecule has 0 heterocycles. The summed E-state index contributed by atoms with van der Waals surface area (Å²) in [6.07, 6.45) is 0.171. The Balaban J connectivity index is 1.91. The molecule has 0 aliphatic heterocycles. The van der Waals surface area contributed by atoms with Gasteiger partial charge in [-0.25, -0.2) is 8.42 Å². The number of rotatable bonds is 9. The number of nitrogens with one attached hydrogen (secondary N) is 2. The van der Waals surface area contributed by atoms with Crippen molar-refractivity contribution in [3.63, 3.8) is 0 Å². The first-order chi connectivity index (χ1) is 16.1. The highest BCUT2D eigenvalue weighted by Crippen LogP contribution is 2.30. The Hall–Kier alpha value is -2.87. The molecule has 3 aromatic carbocycles. The van der Waals surface area contributed by atoms with E-state index in [-0.39, 0.29) is 17.9 Å². The molecule has 1 amide bonds. The van der Waals surface area contributed by atoms with Crippen LogP contribution in [-0.2, 0) is 27.8 Å². The number of amides is 1. The molecular formula is C26H29ClN2O4S. The molecule has 8 heteroatoms. The predicted octanol–water partition coefficient (Wildman–Crippen LogP) is 4.48. The Morgan fingerprint density at radius 3 is 2.24 bits per heavy atom. The van der Waals surface area contributed by atoms with Gasteiger partial charge in [-0.1, -0.05) is 54.1 Å². The number of carbonyl (C=O) groups excluding carboxylic acids is 1. The van der Waals surface area contributed by atoms with Gasteiger partial charge < -0.3 is 10.1 Å². The number of carbonyl (C=O) groups is 1. The van der Waals surface area contributed by atoms with Gasteiger partial charge in [-0.05, 0) is 73.2 Å². The van der Waals surface area contributed by atoms with Crippen LogP contribution in [0.2, 0.25) is 5.02 Å². The van der Waals surface area contributed by atoms with Crippen LogP contribution in [0.1, 0.15) is 27.8 Å². The van der Waals surface area contributed by atoms with Crippen molar-refractivity contribution in [3.05, 3.63) is 93.5 Å². The van der Waals surface area contributed by atoms with E-state index >= 15 is 0 Å². The molecule has 0 saturated carbocycles. The number of halogens is 1. The third kappa shape index (κ3) is 6.17. The summed E-state index contributed by atoms with van der Waals surface area (Å²) in [4.78, 5) is 13.3. The van der Waals surface area contributed by atoms with Crippen LogP contribution in [-0.4, -0.2) is 27.5 Å². The van der Waals surface area contributed by atoms with E-state index in [0.29, 0.717) is 21.9 Å². The fourth-order valence-corrected chi connectivity index (χ4v) is 5.69. The van der Waals surface area contributed by atoms with Gasteiger partial charge in [0.2, 0.25) is 15.9 Å². The van der Waals surface area contributed by atoms with E-state index < -0.39 is 22.0 Å². The Kier molecular flexibility index (Phi) is 8.36. The average molecular weight is 501 g/mol. The van der Waals surface area contributed by atoms with Gasteiger partial charge in [0.25, 0.3) is 0 Å². The summed E-state index contributed by atoms with van der Waals surface area (Å²) < 4.78 is 35.0. The van der Waals surface area contributed by atoms with Gasteiger partial charge in [0.05, 0.1) is 12.0 Å². The van der Waals surface area contributed by atoms with Crippen LogP contribution in [0.15, 0.2) is 65.6 Å². The summed E-state index contributed by atoms with van der Waals surface area (Å²) in [6, 6.07) is 17.1. The van der Waals surface area contributed by atoms with Crippen LogP contribution in [0.5, 0.6) is 5.75 Å². The van der Waals surface area contributed by atoms with Crippen LogP contribution in [0.25, 0.3) is 0 Å². The van der Waals surface area contributed by atoms with E-state index in [2.05, 4.69) is 10.0 Å². The molecular weight excluding hydrogens is 472 g/mol. The fraction of sp³-hybridized carbons (Fsp3) is 0.269. The summed E-state index contributed by atoms with van der Waals surface area (Å²) in [5.74, 6) is 0.204. The molecule has 2 N–H and O–H groups in total. The first kappa shape index (κ1) is 25.7. The number of methoxy groups -OCH3 is 1. The molecule has 0 radical (unpaired) electrons. The quantitative estimate of drug-likeness (QED) is 0.453. The van der Waals surface area contributed by atoms with E-state index in [4.69, 9.17) is 16.3 Å². The highest BCUT2D eigenvalue weighted by atomic mass is 35.5. The number of hydrogen-bond donors (Lipinski definition) is 2. The van der Waals surface area contributed by atoms with Crippen molar-refractivity contribution in [2.75, 3.05) is 7.11 Å². The molecule has 0 unspecified atom stereocenters. The Bertz CT molecular complexity index is 1260. The number of ether oxygens (including phenoxy) is 1. The maximum Gasteiger partial charge on any atom is 0.241 e. The second-order valence-electron chi connectivity index (χ2n) is 8.18. The van der Waals surface area contributed by atoms with Gasteiger partial charge in [-0.2, -0.15) is 4.72 Å². The van der Waals surface area contributed by atoms with Crippen LogP contribution < -0.4 is 14.8 Å². The smallest absolute Gasteiger partial charge is 0.241 e. The lowest BCUT2D eigenvalue weighted by Crippen LogP contribution is -2.48. The Morgan fingerprint density at radius 2 is 1.62 bits per heavy atom. The van der Waals surface area contributed by atoms with E-state index in [1.807, 2.05) is 37.3 Å². The van der Waals surface area contributed by atoms with Crippen molar-refractivity contribution in [2.45, 2.75) is 44.7 Å². The van der Waals surface area contributed by atoms with Crippen molar-refractivity contribution >= 4 is 27.5 Å². The number of aryl methyl sites for hydroxylation is 1. The van der Waals surface area contributed by atoms with Crippen molar-refractivity contribution in [3.8, 4) is 5.75 Å². The van der Waals surface area contributed by atoms with E-state index in [0.717, 1.165) is 16.7 Å². The molecule has 0 bridgehead atoms. The van der Waals surface area contributed by atoms with E-state index in [1.165, 1.54) is 0 Å². The van der Waals surface area contributed by atoms with Crippen molar-refractivity contribution < 1.29 is 17.9 Å². The van der Waals surface area contributed by atoms with Gasteiger partial charge >= 0.3 is 0 Å². The minimum Gasteiger partial charge on any atom is -0.496 e. The van der Waals surface area contributed by atoms with E-state index in [9.17, 15) is 13.2 Å². The normalized spacial score (nSPS) is 12.3. The maximum absolute atomic E-state index is 13.5. The lowest BCUT2D eigenvalue weighted by Gasteiger charge is -2.22. The van der Waals surface area contributed by atoms with Gasteiger partial charge in [-0.15, -0.1) is 0 Å².